The molecular weight excluding hydrogens is 637 g/mol. The predicted molar refractivity (Wildman–Crippen MR) is 215 cm³/mol. The van der Waals surface area contributed by atoms with Crippen LogP contribution in [-0.4, -0.2) is 9.97 Å². The van der Waals surface area contributed by atoms with Crippen molar-refractivity contribution in [3.8, 4) is 44.6 Å². The van der Waals surface area contributed by atoms with E-state index in [4.69, 9.17) is 4.98 Å². The van der Waals surface area contributed by atoms with E-state index in [9.17, 15) is 0 Å². The number of pyridine rings is 2. The fourth-order valence-electron chi connectivity index (χ4n) is 8.23. The summed E-state index contributed by atoms with van der Waals surface area (Å²) in [7, 11) is 0. The van der Waals surface area contributed by atoms with Crippen LogP contribution in [0.1, 0.15) is 35.7 Å². The van der Waals surface area contributed by atoms with Gasteiger partial charge >= 0.3 is 0 Å². The van der Waals surface area contributed by atoms with Gasteiger partial charge in [0.05, 0.1) is 11.4 Å². The van der Waals surface area contributed by atoms with Crippen molar-refractivity contribution in [1.82, 2.24) is 9.97 Å². The quantitative estimate of drug-likeness (QED) is 0.182. The van der Waals surface area contributed by atoms with Gasteiger partial charge in [-0.1, -0.05) is 91.0 Å². The highest BCUT2D eigenvalue weighted by molar-refractivity contribution is 7.25. The zero-order chi connectivity index (χ0) is 33.9. The number of rotatable bonds is 5. The van der Waals surface area contributed by atoms with Gasteiger partial charge in [0.2, 0.25) is 0 Å². The summed E-state index contributed by atoms with van der Waals surface area (Å²) in [6.45, 7) is 2.33. The molecule has 2 nitrogen and oxygen atoms in total. The molecule has 3 aromatic heterocycles. The van der Waals surface area contributed by atoms with Gasteiger partial charge in [0, 0.05) is 43.5 Å². The average Bonchev–Trinajstić information content (AvgIpc) is 3.75. The van der Waals surface area contributed by atoms with Crippen LogP contribution < -0.4 is 0 Å². The third kappa shape index (κ3) is 4.99. The van der Waals surface area contributed by atoms with Crippen molar-refractivity contribution in [3.63, 3.8) is 0 Å². The standard InChI is InChI=1S/C48H34N2S/c1-48(47-14-6-9-25-50-47)23-7-4-12-43(48)36-20-22-46-42(30-36)41-28-32(19-21-45(41)51-46)31-15-16-33-26-34-17-18-35(29-40(34)39(33)27-31)37-10-2-3-11-38(37)44-13-5-8-24-49-44/h2-22,24-25,27-30H,23,26H2,1H3. The molecule has 0 spiro atoms. The van der Waals surface area contributed by atoms with E-state index in [0.29, 0.717) is 0 Å². The highest BCUT2D eigenvalue weighted by Gasteiger charge is 2.33. The lowest BCUT2D eigenvalue weighted by Crippen LogP contribution is -2.26. The number of benzene rings is 5. The van der Waals surface area contributed by atoms with Gasteiger partial charge in [-0.2, -0.15) is 0 Å². The molecule has 2 aliphatic rings. The molecule has 3 heterocycles. The molecule has 3 heteroatoms. The Morgan fingerprint density at radius 2 is 1.18 bits per heavy atom. The third-order valence-corrected chi connectivity index (χ3v) is 12.1. The fourth-order valence-corrected chi connectivity index (χ4v) is 9.29. The fraction of sp³-hybridized carbons (Fsp3) is 0.0833. The summed E-state index contributed by atoms with van der Waals surface area (Å²) < 4.78 is 2.64. The molecular formula is C48H34N2S. The van der Waals surface area contributed by atoms with E-state index in [1.165, 1.54) is 75.8 Å². The Hall–Kier alpha value is -5.90. The zero-order valence-electron chi connectivity index (χ0n) is 28.3. The van der Waals surface area contributed by atoms with Crippen LogP contribution in [0.4, 0.5) is 0 Å². The van der Waals surface area contributed by atoms with Crippen molar-refractivity contribution in [2.75, 3.05) is 0 Å². The van der Waals surface area contributed by atoms with Crippen LogP contribution in [0.15, 0.2) is 164 Å². The van der Waals surface area contributed by atoms with Gasteiger partial charge in [0.15, 0.2) is 0 Å². The number of allylic oxidation sites excluding steroid dienone is 4. The number of nitrogens with zero attached hydrogens (tertiary/aromatic N) is 2. The summed E-state index contributed by atoms with van der Waals surface area (Å²) in [4.78, 5) is 9.46. The van der Waals surface area contributed by atoms with E-state index in [1.54, 1.807) is 0 Å². The molecule has 2 aliphatic carbocycles. The van der Waals surface area contributed by atoms with Crippen molar-refractivity contribution in [2.45, 2.75) is 25.2 Å². The Morgan fingerprint density at radius 1 is 0.549 bits per heavy atom. The van der Waals surface area contributed by atoms with Crippen LogP contribution in [0.2, 0.25) is 0 Å². The Morgan fingerprint density at radius 3 is 1.92 bits per heavy atom. The van der Waals surface area contributed by atoms with Crippen LogP contribution in [0.25, 0.3) is 70.4 Å². The van der Waals surface area contributed by atoms with Crippen LogP contribution in [-0.2, 0) is 11.8 Å². The van der Waals surface area contributed by atoms with E-state index in [1.807, 2.05) is 35.9 Å². The molecule has 0 saturated carbocycles. The van der Waals surface area contributed by atoms with Gasteiger partial charge in [0.1, 0.15) is 0 Å². The number of hydrogen-bond donors (Lipinski definition) is 0. The van der Waals surface area contributed by atoms with Crippen LogP contribution in [0.3, 0.4) is 0 Å². The molecule has 10 rings (SSSR count). The van der Waals surface area contributed by atoms with E-state index in [-0.39, 0.29) is 5.41 Å². The molecule has 5 aromatic carbocycles. The monoisotopic (exact) mass is 670 g/mol. The second-order valence-corrected chi connectivity index (χ2v) is 15.0. The zero-order valence-corrected chi connectivity index (χ0v) is 29.1. The maximum absolute atomic E-state index is 4.80. The average molecular weight is 671 g/mol. The molecule has 8 aromatic rings. The highest BCUT2D eigenvalue weighted by Crippen LogP contribution is 2.46. The van der Waals surface area contributed by atoms with E-state index >= 15 is 0 Å². The first-order chi connectivity index (χ1) is 25.1. The molecule has 0 saturated heterocycles. The number of fused-ring (bicyclic) bond motifs is 6. The maximum Gasteiger partial charge on any atom is 0.0708 e. The second-order valence-electron chi connectivity index (χ2n) is 14.0. The van der Waals surface area contributed by atoms with Gasteiger partial charge in [-0.15, -0.1) is 11.3 Å². The minimum atomic E-state index is -0.179. The third-order valence-electron chi connectivity index (χ3n) is 10.9. The molecule has 242 valence electrons. The van der Waals surface area contributed by atoms with Crippen molar-refractivity contribution < 1.29 is 0 Å². The lowest BCUT2D eigenvalue weighted by molar-refractivity contribution is 0.599. The summed E-state index contributed by atoms with van der Waals surface area (Å²) in [5.41, 5.74) is 16.0. The van der Waals surface area contributed by atoms with Crippen LogP contribution >= 0.6 is 11.3 Å². The Balaban J connectivity index is 1.04. The largest absolute Gasteiger partial charge is 0.260 e. The second kappa shape index (κ2) is 11.9. The highest BCUT2D eigenvalue weighted by atomic mass is 32.1. The lowest BCUT2D eigenvalue weighted by atomic mass is 9.71. The first-order valence-electron chi connectivity index (χ1n) is 17.7. The lowest BCUT2D eigenvalue weighted by Gasteiger charge is -2.33. The van der Waals surface area contributed by atoms with Crippen molar-refractivity contribution in [2.24, 2.45) is 0 Å². The summed E-state index contributed by atoms with van der Waals surface area (Å²) in [5.74, 6) is 0. The number of hydrogen-bond acceptors (Lipinski definition) is 3. The molecule has 0 radical (unpaired) electrons. The van der Waals surface area contributed by atoms with Crippen molar-refractivity contribution in [1.29, 1.82) is 0 Å². The van der Waals surface area contributed by atoms with Crippen molar-refractivity contribution in [3.05, 3.63) is 186 Å². The molecule has 0 N–H and O–H groups in total. The SMILES string of the molecule is CC1(c2ccccn2)CC=CC=C1c1ccc2sc3ccc(-c4ccc5c(c4)-c4cc(-c6ccccc6-c6ccccn6)ccc4C5)cc3c2c1. The normalized spacial score (nSPS) is 16.3. The summed E-state index contributed by atoms with van der Waals surface area (Å²) in [5, 5.41) is 2.63. The number of aromatic nitrogens is 2. The summed E-state index contributed by atoms with van der Waals surface area (Å²) >= 11 is 1.88. The molecule has 51 heavy (non-hydrogen) atoms. The molecule has 0 bridgehead atoms. The number of thiophene rings is 1. The summed E-state index contributed by atoms with van der Waals surface area (Å²) in [6.07, 6.45) is 12.4. The molecule has 0 aliphatic heterocycles. The smallest absolute Gasteiger partial charge is 0.0708 e. The van der Waals surface area contributed by atoms with E-state index in [2.05, 4.69) is 151 Å². The van der Waals surface area contributed by atoms with Gasteiger partial charge in [-0.05, 0) is 136 Å². The first kappa shape index (κ1) is 30.0. The summed E-state index contributed by atoms with van der Waals surface area (Å²) in [6, 6.07) is 49.0. The topological polar surface area (TPSA) is 25.8 Å². The Labute approximate surface area is 302 Å². The minimum Gasteiger partial charge on any atom is -0.260 e. The van der Waals surface area contributed by atoms with Crippen LogP contribution in [0.5, 0.6) is 0 Å². The van der Waals surface area contributed by atoms with E-state index in [0.717, 1.165) is 29.8 Å². The minimum absolute atomic E-state index is 0.179. The van der Waals surface area contributed by atoms with Gasteiger partial charge in [0.25, 0.3) is 0 Å². The van der Waals surface area contributed by atoms with E-state index < -0.39 is 0 Å². The van der Waals surface area contributed by atoms with Gasteiger partial charge in [-0.3, -0.25) is 9.97 Å². The molecule has 1 atom stereocenters. The van der Waals surface area contributed by atoms with Crippen molar-refractivity contribution >= 4 is 37.1 Å². The van der Waals surface area contributed by atoms with Crippen LogP contribution in [0, 0.1) is 0 Å². The first-order valence-corrected chi connectivity index (χ1v) is 18.5. The van der Waals surface area contributed by atoms with Gasteiger partial charge < -0.3 is 0 Å². The Kier molecular flexibility index (Phi) is 6.97. The Bertz CT molecular complexity index is 2700. The molecule has 1 unspecified atom stereocenters. The maximum atomic E-state index is 4.80. The predicted octanol–water partition coefficient (Wildman–Crippen LogP) is 12.7. The molecule has 0 fully saturated rings. The molecule has 0 amide bonds. The van der Waals surface area contributed by atoms with Gasteiger partial charge in [-0.25, -0.2) is 0 Å².